The van der Waals surface area contributed by atoms with Crippen molar-refractivity contribution in [2.45, 2.75) is 38.9 Å². The van der Waals surface area contributed by atoms with Gasteiger partial charge in [0.05, 0.1) is 19.1 Å². The number of nitrogens with zero attached hydrogens (tertiary/aromatic N) is 2. The minimum Gasteiger partial charge on any atom is -0.460 e. The number of hydrogen-bond acceptors (Lipinski definition) is 6. The summed E-state index contributed by atoms with van der Waals surface area (Å²) in [5, 5.41) is 2.08. The lowest BCUT2D eigenvalue weighted by Gasteiger charge is -2.33. The topological polar surface area (TPSA) is 60.9 Å². The van der Waals surface area contributed by atoms with E-state index in [4.69, 9.17) is 14.2 Å². The third-order valence-electron chi connectivity index (χ3n) is 5.32. The maximum Gasteiger partial charge on any atom is 0.307 e. The number of rotatable bonds is 6. The minimum atomic E-state index is -0.447. The highest BCUT2D eigenvalue weighted by Gasteiger charge is 2.23. The standard InChI is InChI=1S/C26H30N2O4/c1-26(2,3)32-25(29)12-14-28-15-16-30-24(18-28)19-7-9-21(10-8-19)31-23-6-4-5-20-17-27-13-11-22(20)23/h4-11,13,17,24H,12,14-16,18H2,1-3H3. The smallest absolute Gasteiger partial charge is 0.307 e. The van der Waals surface area contributed by atoms with Crippen molar-refractivity contribution in [3.8, 4) is 11.5 Å². The van der Waals surface area contributed by atoms with Crippen LogP contribution in [-0.4, -0.2) is 47.7 Å². The molecule has 3 aromatic rings. The summed E-state index contributed by atoms with van der Waals surface area (Å²) in [6.45, 7) is 8.55. The second-order valence-electron chi connectivity index (χ2n) is 9.02. The van der Waals surface area contributed by atoms with Gasteiger partial charge in [-0.05, 0) is 50.6 Å². The largest absolute Gasteiger partial charge is 0.460 e. The number of pyridine rings is 1. The number of aromatic nitrogens is 1. The van der Waals surface area contributed by atoms with Crippen molar-refractivity contribution in [1.29, 1.82) is 0 Å². The summed E-state index contributed by atoms with van der Waals surface area (Å²) in [6.07, 6.45) is 3.96. The number of carbonyl (C=O) groups excluding carboxylic acids is 1. The number of esters is 1. The molecule has 0 aliphatic carbocycles. The van der Waals surface area contributed by atoms with Crippen molar-refractivity contribution in [2.75, 3.05) is 26.2 Å². The molecule has 1 atom stereocenters. The van der Waals surface area contributed by atoms with Crippen LogP contribution in [0.2, 0.25) is 0 Å². The maximum absolute atomic E-state index is 12.0. The van der Waals surface area contributed by atoms with Crippen molar-refractivity contribution >= 4 is 16.7 Å². The number of ether oxygens (including phenoxy) is 3. The summed E-state index contributed by atoms with van der Waals surface area (Å²) in [5.74, 6) is 1.42. The Balaban J connectivity index is 1.35. The Hall–Kier alpha value is -2.96. The van der Waals surface area contributed by atoms with Crippen LogP contribution in [0.4, 0.5) is 0 Å². The second kappa shape index (κ2) is 9.67. The molecular weight excluding hydrogens is 404 g/mol. The average molecular weight is 435 g/mol. The van der Waals surface area contributed by atoms with E-state index < -0.39 is 5.60 Å². The first-order chi connectivity index (χ1) is 15.4. The van der Waals surface area contributed by atoms with Gasteiger partial charge in [-0.15, -0.1) is 0 Å². The first-order valence-electron chi connectivity index (χ1n) is 11.0. The summed E-state index contributed by atoms with van der Waals surface area (Å²) < 4.78 is 17.5. The highest BCUT2D eigenvalue weighted by atomic mass is 16.6. The van der Waals surface area contributed by atoms with E-state index in [0.717, 1.165) is 40.9 Å². The van der Waals surface area contributed by atoms with Gasteiger partial charge in [-0.25, -0.2) is 0 Å². The quantitative estimate of drug-likeness (QED) is 0.501. The Morgan fingerprint density at radius 2 is 1.97 bits per heavy atom. The first-order valence-corrected chi connectivity index (χ1v) is 11.0. The van der Waals surface area contributed by atoms with E-state index in [1.165, 1.54) is 0 Å². The summed E-state index contributed by atoms with van der Waals surface area (Å²) >= 11 is 0. The van der Waals surface area contributed by atoms with E-state index in [9.17, 15) is 4.79 Å². The van der Waals surface area contributed by atoms with E-state index in [0.29, 0.717) is 19.6 Å². The monoisotopic (exact) mass is 434 g/mol. The van der Waals surface area contributed by atoms with Crippen LogP contribution >= 0.6 is 0 Å². The molecule has 1 aromatic heterocycles. The van der Waals surface area contributed by atoms with Crippen molar-refractivity contribution in [1.82, 2.24) is 9.88 Å². The highest BCUT2D eigenvalue weighted by Crippen LogP contribution is 2.31. The molecule has 0 amide bonds. The molecule has 168 valence electrons. The summed E-state index contributed by atoms with van der Waals surface area (Å²) in [6, 6.07) is 15.9. The SMILES string of the molecule is CC(C)(C)OC(=O)CCN1CCOC(c2ccc(Oc3cccc4cnccc34)cc2)C1. The molecule has 0 spiro atoms. The van der Waals surface area contributed by atoms with Crippen LogP contribution in [-0.2, 0) is 14.3 Å². The first kappa shape index (κ1) is 22.2. The van der Waals surface area contributed by atoms with Crippen LogP contribution in [0, 0.1) is 0 Å². The molecule has 1 aliphatic rings. The number of benzene rings is 2. The fourth-order valence-electron chi connectivity index (χ4n) is 3.81. The van der Waals surface area contributed by atoms with Gasteiger partial charge in [-0.2, -0.15) is 0 Å². The second-order valence-corrected chi connectivity index (χ2v) is 9.02. The minimum absolute atomic E-state index is 0.0277. The van der Waals surface area contributed by atoms with Crippen LogP contribution in [0.3, 0.4) is 0 Å². The van der Waals surface area contributed by atoms with Crippen LogP contribution in [0.25, 0.3) is 10.8 Å². The van der Waals surface area contributed by atoms with Crippen LogP contribution in [0.5, 0.6) is 11.5 Å². The Labute approximate surface area is 189 Å². The number of morpholine rings is 1. The Morgan fingerprint density at radius 3 is 2.75 bits per heavy atom. The van der Waals surface area contributed by atoms with Crippen molar-refractivity contribution in [2.24, 2.45) is 0 Å². The normalized spacial score (nSPS) is 17.3. The molecule has 0 bridgehead atoms. The molecular formula is C26H30N2O4. The molecule has 32 heavy (non-hydrogen) atoms. The molecule has 0 radical (unpaired) electrons. The predicted octanol–water partition coefficient (Wildman–Crippen LogP) is 5.13. The van der Waals surface area contributed by atoms with E-state index in [1.807, 2.05) is 75.5 Å². The predicted molar refractivity (Wildman–Crippen MR) is 124 cm³/mol. The third kappa shape index (κ3) is 5.84. The molecule has 0 N–H and O–H groups in total. The summed E-state index contributed by atoms with van der Waals surface area (Å²) in [4.78, 5) is 18.5. The number of hydrogen-bond donors (Lipinski definition) is 0. The molecule has 0 saturated carbocycles. The third-order valence-corrected chi connectivity index (χ3v) is 5.32. The van der Waals surface area contributed by atoms with Crippen molar-refractivity contribution in [3.63, 3.8) is 0 Å². The molecule has 2 heterocycles. The Morgan fingerprint density at radius 1 is 1.16 bits per heavy atom. The number of carbonyl (C=O) groups is 1. The van der Waals surface area contributed by atoms with E-state index in [-0.39, 0.29) is 12.1 Å². The summed E-state index contributed by atoms with van der Waals surface area (Å²) in [5.41, 5.74) is 0.652. The van der Waals surface area contributed by atoms with Crippen LogP contribution in [0.15, 0.2) is 60.9 Å². The molecule has 1 saturated heterocycles. The van der Waals surface area contributed by atoms with Gasteiger partial charge >= 0.3 is 5.97 Å². The zero-order valence-electron chi connectivity index (χ0n) is 18.9. The zero-order chi connectivity index (χ0) is 22.6. The molecule has 2 aromatic carbocycles. The van der Waals surface area contributed by atoms with Gasteiger partial charge in [-0.3, -0.25) is 14.7 Å². The van der Waals surface area contributed by atoms with Crippen molar-refractivity contribution in [3.05, 3.63) is 66.5 Å². The molecule has 1 aliphatic heterocycles. The maximum atomic E-state index is 12.0. The molecule has 6 nitrogen and oxygen atoms in total. The molecule has 4 rings (SSSR count). The van der Waals surface area contributed by atoms with Crippen LogP contribution in [0.1, 0.15) is 38.9 Å². The average Bonchev–Trinajstić information content (AvgIpc) is 2.78. The Kier molecular flexibility index (Phi) is 6.72. The van der Waals surface area contributed by atoms with E-state index in [2.05, 4.69) is 9.88 Å². The lowest BCUT2D eigenvalue weighted by molar-refractivity contribution is -0.155. The summed E-state index contributed by atoms with van der Waals surface area (Å²) in [7, 11) is 0. The van der Waals surface area contributed by atoms with Crippen molar-refractivity contribution < 1.29 is 19.0 Å². The van der Waals surface area contributed by atoms with Gasteiger partial charge in [-0.1, -0.05) is 24.3 Å². The van der Waals surface area contributed by atoms with E-state index in [1.54, 1.807) is 6.20 Å². The van der Waals surface area contributed by atoms with Gasteiger partial charge in [0.2, 0.25) is 0 Å². The number of fused-ring (bicyclic) bond motifs is 1. The fourth-order valence-corrected chi connectivity index (χ4v) is 3.81. The van der Waals surface area contributed by atoms with Gasteiger partial charge in [0.15, 0.2) is 0 Å². The Bertz CT molecular complexity index is 1050. The zero-order valence-corrected chi connectivity index (χ0v) is 18.9. The van der Waals surface area contributed by atoms with Crippen LogP contribution < -0.4 is 4.74 Å². The van der Waals surface area contributed by atoms with E-state index >= 15 is 0 Å². The van der Waals surface area contributed by atoms with Gasteiger partial charge in [0.1, 0.15) is 17.1 Å². The van der Waals surface area contributed by atoms with Gasteiger partial charge in [0.25, 0.3) is 0 Å². The van der Waals surface area contributed by atoms with Gasteiger partial charge in [0, 0.05) is 42.8 Å². The molecule has 1 unspecified atom stereocenters. The highest BCUT2D eigenvalue weighted by molar-refractivity contribution is 5.87. The lowest BCUT2D eigenvalue weighted by atomic mass is 10.1. The lowest BCUT2D eigenvalue weighted by Crippen LogP contribution is -2.39. The fraction of sp³-hybridized carbons (Fsp3) is 0.385. The van der Waals surface area contributed by atoms with Gasteiger partial charge < -0.3 is 14.2 Å². The molecule has 6 heteroatoms. The molecule has 1 fully saturated rings.